The molecule has 138 valence electrons. The average Bonchev–Trinajstić information content (AvgIpc) is 2.97. The van der Waals surface area contributed by atoms with E-state index in [4.69, 9.17) is 33.9 Å². The van der Waals surface area contributed by atoms with Gasteiger partial charge in [-0.05, 0) is 37.1 Å². The molecule has 1 saturated heterocycles. The lowest BCUT2D eigenvalue weighted by atomic mass is 9.86. The molecule has 2 bridgehead atoms. The van der Waals surface area contributed by atoms with Gasteiger partial charge in [-0.25, -0.2) is 4.98 Å². The molecule has 6 rings (SSSR count). The summed E-state index contributed by atoms with van der Waals surface area (Å²) in [7, 11) is 0. The first-order chi connectivity index (χ1) is 13.0. The molecule has 1 aromatic carbocycles. The molecule has 27 heavy (non-hydrogen) atoms. The normalized spacial score (nSPS) is 16.0. The SMILES string of the molecule is Nc1c(C(=O)Nc2cc(Cl)cc(Cl)c2)sc2nc3c(cc12)N1CCC3CC1. The Balaban J connectivity index is 1.54. The standard InChI is InChI=1S/C19H16Cl2N4OS/c20-10-5-11(21)7-12(6-10)23-18(26)17-15(22)13-8-14-16(24-19(13)27-17)9-1-3-25(14)4-2-9/h5-9H,1-4,22H2,(H,23,26). The van der Waals surface area contributed by atoms with Crippen LogP contribution < -0.4 is 16.0 Å². The Morgan fingerprint density at radius 1 is 1.19 bits per heavy atom. The van der Waals surface area contributed by atoms with Crippen LogP contribution in [0.15, 0.2) is 24.3 Å². The van der Waals surface area contributed by atoms with Crippen molar-refractivity contribution in [3.05, 3.63) is 44.9 Å². The van der Waals surface area contributed by atoms with E-state index in [1.54, 1.807) is 18.2 Å². The number of piperidine rings is 1. The van der Waals surface area contributed by atoms with E-state index in [9.17, 15) is 4.79 Å². The third-order valence-electron chi connectivity index (χ3n) is 5.28. The van der Waals surface area contributed by atoms with E-state index < -0.39 is 0 Å². The van der Waals surface area contributed by atoms with Crippen molar-refractivity contribution in [1.29, 1.82) is 0 Å². The van der Waals surface area contributed by atoms with Gasteiger partial charge in [-0.1, -0.05) is 23.2 Å². The number of hydrogen-bond donors (Lipinski definition) is 2. The summed E-state index contributed by atoms with van der Waals surface area (Å²) in [5.41, 5.74) is 9.65. The molecule has 0 spiro atoms. The van der Waals surface area contributed by atoms with Gasteiger partial charge in [0.15, 0.2) is 0 Å². The number of nitrogens with two attached hydrogens (primary N) is 1. The maximum atomic E-state index is 12.8. The Morgan fingerprint density at radius 2 is 1.89 bits per heavy atom. The molecular formula is C19H16Cl2N4OS. The van der Waals surface area contributed by atoms with E-state index in [0.717, 1.165) is 41.8 Å². The van der Waals surface area contributed by atoms with Gasteiger partial charge in [-0.3, -0.25) is 4.79 Å². The van der Waals surface area contributed by atoms with Crippen molar-refractivity contribution in [1.82, 2.24) is 4.98 Å². The van der Waals surface area contributed by atoms with E-state index in [2.05, 4.69) is 16.3 Å². The molecule has 0 aliphatic carbocycles. The molecule has 8 heteroatoms. The summed E-state index contributed by atoms with van der Waals surface area (Å²) < 4.78 is 0. The second-order valence-electron chi connectivity index (χ2n) is 6.96. The fraction of sp³-hybridized carbons (Fsp3) is 0.263. The minimum Gasteiger partial charge on any atom is -0.397 e. The molecule has 5 nitrogen and oxygen atoms in total. The Kier molecular flexibility index (Phi) is 3.96. The van der Waals surface area contributed by atoms with Gasteiger partial charge >= 0.3 is 0 Å². The van der Waals surface area contributed by atoms with E-state index >= 15 is 0 Å². The number of nitrogens with one attached hydrogen (secondary N) is 1. The fourth-order valence-corrected chi connectivity index (χ4v) is 5.48. The van der Waals surface area contributed by atoms with Gasteiger partial charge in [0, 0.05) is 40.1 Å². The molecule has 5 heterocycles. The highest BCUT2D eigenvalue weighted by molar-refractivity contribution is 7.21. The molecule has 3 aliphatic rings. The zero-order valence-corrected chi connectivity index (χ0v) is 16.6. The van der Waals surface area contributed by atoms with Crippen LogP contribution in [0.1, 0.15) is 34.1 Å². The van der Waals surface area contributed by atoms with Crippen LogP contribution in [0.2, 0.25) is 10.0 Å². The van der Waals surface area contributed by atoms with Crippen LogP contribution in [0.5, 0.6) is 0 Å². The van der Waals surface area contributed by atoms with E-state index in [0.29, 0.717) is 32.2 Å². The summed E-state index contributed by atoms with van der Waals surface area (Å²) in [6, 6.07) is 7.01. The predicted octanol–water partition coefficient (Wildman–Crippen LogP) is 5.14. The van der Waals surface area contributed by atoms with Gasteiger partial charge in [0.1, 0.15) is 9.71 Å². The maximum absolute atomic E-state index is 12.8. The first-order valence-electron chi connectivity index (χ1n) is 8.75. The molecule has 2 aromatic heterocycles. The molecule has 3 aromatic rings. The molecule has 0 saturated carbocycles. The van der Waals surface area contributed by atoms with Crippen LogP contribution in [-0.2, 0) is 0 Å². The molecule has 1 fully saturated rings. The van der Waals surface area contributed by atoms with Crippen LogP contribution in [0.4, 0.5) is 17.1 Å². The summed E-state index contributed by atoms with van der Waals surface area (Å²) in [6.07, 6.45) is 2.30. The summed E-state index contributed by atoms with van der Waals surface area (Å²) in [5.74, 6) is 0.235. The Hall–Kier alpha value is -2.02. The monoisotopic (exact) mass is 418 g/mol. The number of aromatic nitrogens is 1. The van der Waals surface area contributed by atoms with Crippen LogP contribution in [0.25, 0.3) is 10.2 Å². The largest absolute Gasteiger partial charge is 0.397 e. The Labute approximate surface area is 170 Å². The lowest BCUT2D eigenvalue weighted by molar-refractivity contribution is 0.103. The lowest BCUT2D eigenvalue weighted by Crippen LogP contribution is -2.39. The van der Waals surface area contributed by atoms with Crippen LogP contribution >= 0.6 is 34.5 Å². The van der Waals surface area contributed by atoms with E-state index in [1.165, 1.54) is 17.0 Å². The summed E-state index contributed by atoms with van der Waals surface area (Å²) >= 11 is 13.3. The molecule has 1 amide bonds. The molecule has 3 N–H and O–H groups in total. The molecule has 0 radical (unpaired) electrons. The van der Waals surface area contributed by atoms with Gasteiger partial charge in [0.25, 0.3) is 5.91 Å². The first kappa shape index (κ1) is 17.1. The fourth-order valence-electron chi connectivity index (χ4n) is 3.97. The second kappa shape index (κ2) is 6.26. The van der Waals surface area contributed by atoms with Gasteiger partial charge in [-0.2, -0.15) is 0 Å². The van der Waals surface area contributed by atoms with Crippen molar-refractivity contribution < 1.29 is 4.79 Å². The molecule has 3 aliphatic heterocycles. The number of thiophene rings is 1. The number of halogens is 2. The molecule has 0 atom stereocenters. The van der Waals surface area contributed by atoms with Gasteiger partial charge in [0.05, 0.1) is 17.1 Å². The topological polar surface area (TPSA) is 71.2 Å². The number of hydrogen-bond acceptors (Lipinski definition) is 5. The van der Waals surface area contributed by atoms with Crippen LogP contribution in [-0.4, -0.2) is 24.0 Å². The van der Waals surface area contributed by atoms with Crippen LogP contribution in [0.3, 0.4) is 0 Å². The quantitative estimate of drug-likeness (QED) is 0.604. The number of rotatable bonds is 2. The predicted molar refractivity (Wildman–Crippen MR) is 113 cm³/mol. The number of carbonyl (C=O) groups is 1. The zero-order valence-electron chi connectivity index (χ0n) is 14.3. The summed E-state index contributed by atoms with van der Waals surface area (Å²) in [4.78, 5) is 21.3. The number of nitrogen functional groups attached to an aromatic ring is 1. The Morgan fingerprint density at radius 3 is 2.59 bits per heavy atom. The van der Waals surface area contributed by atoms with E-state index in [-0.39, 0.29) is 5.91 Å². The minimum absolute atomic E-state index is 0.282. The number of fused-ring (bicyclic) bond motifs is 3. The zero-order chi connectivity index (χ0) is 18.7. The first-order valence-corrected chi connectivity index (χ1v) is 10.3. The van der Waals surface area contributed by atoms with Crippen molar-refractivity contribution in [2.75, 3.05) is 29.0 Å². The number of amides is 1. The Bertz CT molecular complexity index is 1070. The molecular weight excluding hydrogens is 403 g/mol. The average molecular weight is 419 g/mol. The molecule has 0 unspecified atom stereocenters. The number of anilines is 3. The second-order valence-corrected chi connectivity index (χ2v) is 8.84. The third kappa shape index (κ3) is 2.83. The summed E-state index contributed by atoms with van der Waals surface area (Å²) in [6.45, 7) is 2.13. The highest BCUT2D eigenvalue weighted by Gasteiger charge is 2.33. The smallest absolute Gasteiger partial charge is 0.267 e. The lowest BCUT2D eigenvalue weighted by Gasteiger charge is -2.41. The number of nitrogens with zero attached hydrogens (tertiary/aromatic N) is 2. The third-order valence-corrected chi connectivity index (χ3v) is 6.83. The highest BCUT2D eigenvalue weighted by atomic mass is 35.5. The van der Waals surface area contributed by atoms with Crippen molar-refractivity contribution in [3.8, 4) is 0 Å². The van der Waals surface area contributed by atoms with Gasteiger partial charge < -0.3 is 16.0 Å². The van der Waals surface area contributed by atoms with Crippen molar-refractivity contribution in [2.45, 2.75) is 18.8 Å². The van der Waals surface area contributed by atoms with Gasteiger partial charge in [0.2, 0.25) is 0 Å². The number of carbonyl (C=O) groups excluding carboxylic acids is 1. The van der Waals surface area contributed by atoms with Crippen molar-refractivity contribution >= 4 is 67.7 Å². The summed E-state index contributed by atoms with van der Waals surface area (Å²) in [5, 5.41) is 4.59. The van der Waals surface area contributed by atoms with Gasteiger partial charge in [-0.15, -0.1) is 11.3 Å². The number of benzene rings is 1. The maximum Gasteiger partial charge on any atom is 0.267 e. The minimum atomic E-state index is -0.282. The highest BCUT2D eigenvalue weighted by Crippen LogP contribution is 2.45. The van der Waals surface area contributed by atoms with Crippen molar-refractivity contribution in [3.63, 3.8) is 0 Å². The number of pyridine rings is 1. The van der Waals surface area contributed by atoms with Crippen molar-refractivity contribution in [2.24, 2.45) is 0 Å². The van der Waals surface area contributed by atoms with E-state index in [1.807, 2.05) is 0 Å². The van der Waals surface area contributed by atoms with Crippen LogP contribution in [0, 0.1) is 0 Å².